The zero-order chi connectivity index (χ0) is 15.8. The molecule has 1 aliphatic heterocycles. The molecule has 8 heteroatoms. The van der Waals surface area contributed by atoms with Crippen molar-refractivity contribution >= 4 is 22.4 Å². The van der Waals surface area contributed by atoms with Gasteiger partial charge in [-0.15, -0.1) is 0 Å². The van der Waals surface area contributed by atoms with Gasteiger partial charge in [-0.2, -0.15) is 13.2 Å². The largest absolute Gasteiger partial charge is 0.427 e. The van der Waals surface area contributed by atoms with E-state index in [1.54, 1.807) is 9.80 Å². The predicted molar refractivity (Wildman–Crippen MR) is 75.4 cm³/mol. The van der Waals surface area contributed by atoms with E-state index in [1.165, 1.54) is 0 Å². The van der Waals surface area contributed by atoms with Crippen LogP contribution in [0.1, 0.15) is 25.6 Å². The van der Waals surface area contributed by atoms with Crippen molar-refractivity contribution in [3.05, 3.63) is 11.1 Å². The minimum Gasteiger partial charge on any atom is -0.345 e. The van der Waals surface area contributed by atoms with Gasteiger partial charge < -0.3 is 9.80 Å². The van der Waals surface area contributed by atoms with Gasteiger partial charge in [-0.1, -0.05) is 32.1 Å². The van der Waals surface area contributed by atoms with Crippen LogP contribution in [-0.2, 0) is 11.0 Å². The summed E-state index contributed by atoms with van der Waals surface area (Å²) in [5, 5.41) is 0.366. The van der Waals surface area contributed by atoms with Crippen molar-refractivity contribution in [2.45, 2.75) is 26.9 Å². The molecule has 0 N–H and O–H groups in total. The SMILES string of the molecule is CC(C)(C)C(=O)N1CCN(c2ncc(C(F)(F)F)s2)CC1. The molecule has 0 aromatic carbocycles. The highest BCUT2D eigenvalue weighted by Crippen LogP contribution is 2.36. The number of rotatable bonds is 1. The van der Waals surface area contributed by atoms with Crippen LogP contribution < -0.4 is 4.90 Å². The lowest BCUT2D eigenvalue weighted by atomic mass is 9.94. The van der Waals surface area contributed by atoms with E-state index < -0.39 is 16.5 Å². The maximum atomic E-state index is 12.6. The quantitative estimate of drug-likeness (QED) is 0.798. The molecule has 21 heavy (non-hydrogen) atoms. The van der Waals surface area contributed by atoms with Gasteiger partial charge in [0.05, 0.1) is 6.20 Å². The molecule has 0 unspecified atom stereocenters. The Labute approximate surface area is 125 Å². The lowest BCUT2D eigenvalue weighted by molar-refractivity contribution is -0.139. The Kier molecular flexibility index (Phi) is 4.19. The number of amides is 1. The lowest BCUT2D eigenvalue weighted by Gasteiger charge is -2.37. The minimum atomic E-state index is -4.35. The van der Waals surface area contributed by atoms with Crippen LogP contribution in [0.4, 0.5) is 18.3 Å². The van der Waals surface area contributed by atoms with Crippen LogP contribution in [0.25, 0.3) is 0 Å². The fraction of sp³-hybridized carbons (Fsp3) is 0.692. The monoisotopic (exact) mass is 321 g/mol. The normalized spacial score (nSPS) is 17.2. The van der Waals surface area contributed by atoms with Gasteiger partial charge in [0.2, 0.25) is 5.91 Å². The van der Waals surface area contributed by atoms with E-state index in [0.717, 1.165) is 6.20 Å². The molecule has 0 spiro atoms. The molecule has 1 aromatic heterocycles. The summed E-state index contributed by atoms with van der Waals surface area (Å²) in [6, 6.07) is 0. The Hall–Kier alpha value is -1.31. The summed E-state index contributed by atoms with van der Waals surface area (Å²) in [6.45, 7) is 7.61. The number of thiazole rings is 1. The molecule has 118 valence electrons. The standard InChI is InChI=1S/C13H18F3N3OS/c1-12(2,3)10(20)18-4-6-19(7-5-18)11-17-8-9(21-11)13(14,15)16/h8H,4-7H2,1-3H3. The highest BCUT2D eigenvalue weighted by molar-refractivity contribution is 7.15. The highest BCUT2D eigenvalue weighted by Gasteiger charge is 2.35. The summed E-state index contributed by atoms with van der Waals surface area (Å²) in [7, 11) is 0. The number of nitrogens with zero attached hydrogens (tertiary/aromatic N) is 3. The van der Waals surface area contributed by atoms with Crippen molar-refractivity contribution in [1.82, 2.24) is 9.88 Å². The summed E-state index contributed by atoms with van der Waals surface area (Å²) in [5.74, 6) is 0.0669. The maximum Gasteiger partial charge on any atom is 0.427 e. The Balaban J connectivity index is 1.98. The Morgan fingerprint density at radius 3 is 2.19 bits per heavy atom. The molecule has 2 rings (SSSR count). The smallest absolute Gasteiger partial charge is 0.345 e. The van der Waals surface area contributed by atoms with E-state index in [9.17, 15) is 18.0 Å². The van der Waals surface area contributed by atoms with Gasteiger partial charge >= 0.3 is 6.18 Å². The summed E-state index contributed by atoms with van der Waals surface area (Å²) in [6.07, 6.45) is -3.48. The second-order valence-corrected chi connectivity index (χ2v) is 7.04. The molecule has 0 atom stereocenters. The van der Waals surface area contributed by atoms with Gasteiger partial charge in [0.15, 0.2) is 5.13 Å². The van der Waals surface area contributed by atoms with E-state index in [0.29, 0.717) is 42.6 Å². The zero-order valence-corrected chi connectivity index (χ0v) is 13.0. The van der Waals surface area contributed by atoms with Gasteiger partial charge in [-0.3, -0.25) is 4.79 Å². The van der Waals surface area contributed by atoms with Gasteiger partial charge in [0.25, 0.3) is 0 Å². The number of anilines is 1. The first kappa shape index (κ1) is 16.1. The molecule has 2 heterocycles. The van der Waals surface area contributed by atoms with Gasteiger partial charge in [-0.25, -0.2) is 4.98 Å². The number of carbonyl (C=O) groups excluding carboxylic acids is 1. The Morgan fingerprint density at radius 1 is 1.19 bits per heavy atom. The first-order chi connectivity index (χ1) is 9.59. The van der Waals surface area contributed by atoms with Gasteiger partial charge in [0.1, 0.15) is 4.88 Å². The van der Waals surface area contributed by atoms with E-state index in [2.05, 4.69) is 4.98 Å². The molecule has 1 aromatic rings. The first-order valence-corrected chi connectivity index (χ1v) is 7.48. The summed E-state index contributed by atoms with van der Waals surface area (Å²) in [5.41, 5.74) is -0.438. The predicted octanol–water partition coefficient (Wildman–Crippen LogP) is 2.86. The van der Waals surface area contributed by atoms with Crippen LogP contribution in [0.3, 0.4) is 0 Å². The third kappa shape index (κ3) is 3.66. The third-order valence-corrected chi connectivity index (χ3v) is 4.35. The molecule has 1 saturated heterocycles. The van der Waals surface area contributed by atoms with Crippen molar-refractivity contribution in [2.75, 3.05) is 31.1 Å². The zero-order valence-electron chi connectivity index (χ0n) is 12.2. The average Bonchev–Trinajstić information content (AvgIpc) is 2.86. The van der Waals surface area contributed by atoms with E-state index in [1.807, 2.05) is 20.8 Å². The molecule has 0 bridgehead atoms. The van der Waals surface area contributed by atoms with Crippen molar-refractivity contribution in [3.63, 3.8) is 0 Å². The number of alkyl halides is 3. The molecule has 1 fully saturated rings. The summed E-state index contributed by atoms with van der Waals surface area (Å²) < 4.78 is 37.7. The third-order valence-electron chi connectivity index (χ3n) is 3.25. The van der Waals surface area contributed by atoms with Crippen LogP contribution in [0.2, 0.25) is 0 Å². The number of halogens is 3. The van der Waals surface area contributed by atoms with E-state index in [-0.39, 0.29) is 5.91 Å². The summed E-state index contributed by atoms with van der Waals surface area (Å²) in [4.78, 5) is 18.9. The van der Waals surface area contributed by atoms with Crippen LogP contribution >= 0.6 is 11.3 Å². The molecular formula is C13H18F3N3OS. The number of piperazine rings is 1. The maximum absolute atomic E-state index is 12.6. The van der Waals surface area contributed by atoms with Crippen molar-refractivity contribution in [1.29, 1.82) is 0 Å². The first-order valence-electron chi connectivity index (χ1n) is 6.66. The molecule has 0 saturated carbocycles. The number of hydrogen-bond acceptors (Lipinski definition) is 4. The van der Waals surface area contributed by atoms with Crippen LogP contribution in [-0.4, -0.2) is 42.0 Å². The average molecular weight is 321 g/mol. The second-order valence-electron chi connectivity index (χ2n) is 6.03. The topological polar surface area (TPSA) is 36.4 Å². The van der Waals surface area contributed by atoms with Gasteiger partial charge in [-0.05, 0) is 0 Å². The minimum absolute atomic E-state index is 0.0669. The van der Waals surface area contributed by atoms with Crippen LogP contribution in [0.5, 0.6) is 0 Å². The lowest BCUT2D eigenvalue weighted by Crippen LogP contribution is -2.51. The number of hydrogen-bond donors (Lipinski definition) is 0. The molecule has 1 aliphatic rings. The van der Waals surface area contributed by atoms with Crippen molar-refractivity contribution in [2.24, 2.45) is 5.41 Å². The van der Waals surface area contributed by atoms with Crippen LogP contribution in [0, 0.1) is 5.41 Å². The van der Waals surface area contributed by atoms with Crippen molar-refractivity contribution in [3.8, 4) is 0 Å². The number of carbonyl (C=O) groups is 1. The Bertz CT molecular complexity index is 513. The molecule has 1 amide bonds. The van der Waals surface area contributed by atoms with Crippen LogP contribution in [0.15, 0.2) is 6.20 Å². The molecule has 4 nitrogen and oxygen atoms in total. The molecule has 0 radical (unpaired) electrons. The second kappa shape index (κ2) is 5.47. The highest BCUT2D eigenvalue weighted by atomic mass is 32.1. The van der Waals surface area contributed by atoms with E-state index in [4.69, 9.17) is 0 Å². The summed E-state index contributed by atoms with van der Waals surface area (Å²) >= 11 is 0.648. The van der Waals surface area contributed by atoms with Crippen molar-refractivity contribution < 1.29 is 18.0 Å². The number of aromatic nitrogens is 1. The molecular weight excluding hydrogens is 303 g/mol. The fourth-order valence-corrected chi connectivity index (χ4v) is 2.95. The Morgan fingerprint density at radius 2 is 1.76 bits per heavy atom. The fourth-order valence-electron chi connectivity index (χ4n) is 2.12. The molecule has 0 aliphatic carbocycles. The van der Waals surface area contributed by atoms with Gasteiger partial charge in [0, 0.05) is 31.6 Å². The van der Waals surface area contributed by atoms with E-state index >= 15 is 0 Å².